The zero-order chi connectivity index (χ0) is 17.1. The molecule has 4 nitrogen and oxygen atoms in total. The minimum atomic E-state index is -0.540. The molecule has 24 heavy (non-hydrogen) atoms. The summed E-state index contributed by atoms with van der Waals surface area (Å²) in [5, 5.41) is 22.6. The molecule has 0 aliphatic heterocycles. The number of nitro benzene ring substituents is 1. The number of benzene rings is 3. The van der Waals surface area contributed by atoms with Crippen LogP contribution in [0.25, 0.3) is 22.4 Å². The zero-order valence-electron chi connectivity index (χ0n) is 12.4. The molecule has 3 rings (SSSR count). The first-order valence-electron chi connectivity index (χ1n) is 7.13. The number of nitriles is 1. The van der Waals surface area contributed by atoms with Gasteiger partial charge in [-0.1, -0.05) is 54.1 Å². The van der Waals surface area contributed by atoms with Crippen LogP contribution in [-0.4, -0.2) is 4.92 Å². The number of halogens is 1. The van der Waals surface area contributed by atoms with E-state index in [1.807, 2.05) is 42.5 Å². The van der Waals surface area contributed by atoms with Gasteiger partial charge < -0.3 is 0 Å². The molecule has 5 heteroatoms. The lowest BCUT2D eigenvalue weighted by Crippen LogP contribution is -1.90. The van der Waals surface area contributed by atoms with E-state index < -0.39 is 4.92 Å². The Morgan fingerprint density at radius 3 is 2.54 bits per heavy atom. The van der Waals surface area contributed by atoms with Crippen molar-refractivity contribution >= 4 is 39.7 Å². The Hall–Kier alpha value is -3.16. The second-order valence-electron chi connectivity index (χ2n) is 5.20. The number of rotatable bonds is 3. The van der Waals surface area contributed by atoms with E-state index in [0.717, 1.165) is 16.3 Å². The molecule has 0 aliphatic rings. The highest BCUT2D eigenvalue weighted by Crippen LogP contribution is 2.28. The van der Waals surface area contributed by atoms with E-state index in [9.17, 15) is 15.4 Å². The van der Waals surface area contributed by atoms with Crippen LogP contribution in [0.2, 0.25) is 5.02 Å². The smallest absolute Gasteiger partial charge is 0.258 e. The van der Waals surface area contributed by atoms with E-state index in [0.29, 0.717) is 11.1 Å². The van der Waals surface area contributed by atoms with Crippen molar-refractivity contribution in [3.63, 3.8) is 0 Å². The fraction of sp³-hybridized carbons (Fsp3) is 0. The maximum Gasteiger partial charge on any atom is 0.288 e. The summed E-state index contributed by atoms with van der Waals surface area (Å²) < 4.78 is 0. The van der Waals surface area contributed by atoms with Crippen LogP contribution < -0.4 is 0 Å². The van der Waals surface area contributed by atoms with E-state index in [-0.39, 0.29) is 10.7 Å². The lowest BCUT2D eigenvalue weighted by atomic mass is 10.00. The average Bonchev–Trinajstić information content (AvgIpc) is 2.60. The molecule has 0 unspecified atom stereocenters. The van der Waals surface area contributed by atoms with E-state index in [4.69, 9.17) is 11.6 Å². The van der Waals surface area contributed by atoms with Gasteiger partial charge in [0.15, 0.2) is 0 Å². The lowest BCUT2D eigenvalue weighted by Gasteiger charge is -2.03. The fourth-order valence-electron chi connectivity index (χ4n) is 2.46. The molecule has 0 heterocycles. The third kappa shape index (κ3) is 3.12. The predicted octanol–water partition coefficient (Wildman–Crippen LogP) is 5.47. The third-order valence-corrected chi connectivity index (χ3v) is 3.98. The normalized spacial score (nSPS) is 11.2. The summed E-state index contributed by atoms with van der Waals surface area (Å²) in [5.74, 6) is 0. The molecule has 0 spiro atoms. The van der Waals surface area contributed by atoms with Crippen molar-refractivity contribution in [1.82, 2.24) is 0 Å². The molecular weight excluding hydrogens is 324 g/mol. The minimum Gasteiger partial charge on any atom is -0.258 e. The van der Waals surface area contributed by atoms with Crippen LogP contribution >= 0.6 is 11.6 Å². The van der Waals surface area contributed by atoms with Crippen LogP contribution in [0.4, 0.5) is 5.69 Å². The van der Waals surface area contributed by atoms with Crippen LogP contribution in [0, 0.1) is 21.4 Å². The van der Waals surface area contributed by atoms with Crippen molar-refractivity contribution in [3.05, 3.63) is 86.9 Å². The summed E-state index contributed by atoms with van der Waals surface area (Å²) in [4.78, 5) is 10.4. The Bertz CT molecular complexity index is 1020. The second kappa shape index (κ2) is 6.53. The Kier molecular flexibility index (Phi) is 4.28. The highest BCUT2D eigenvalue weighted by atomic mass is 35.5. The van der Waals surface area contributed by atoms with Crippen molar-refractivity contribution in [2.24, 2.45) is 0 Å². The van der Waals surface area contributed by atoms with Gasteiger partial charge >= 0.3 is 0 Å². The van der Waals surface area contributed by atoms with Crippen molar-refractivity contribution in [2.75, 3.05) is 0 Å². The summed E-state index contributed by atoms with van der Waals surface area (Å²) in [6.45, 7) is 0. The summed E-state index contributed by atoms with van der Waals surface area (Å²) in [6, 6.07) is 20.2. The minimum absolute atomic E-state index is 0.0707. The molecular formula is C19H11ClN2O2. The Morgan fingerprint density at radius 2 is 1.83 bits per heavy atom. The first kappa shape index (κ1) is 15.7. The largest absolute Gasteiger partial charge is 0.288 e. The zero-order valence-corrected chi connectivity index (χ0v) is 13.2. The molecule has 3 aromatic carbocycles. The van der Waals surface area contributed by atoms with Gasteiger partial charge in [-0.2, -0.15) is 5.26 Å². The topological polar surface area (TPSA) is 66.9 Å². The van der Waals surface area contributed by atoms with Crippen molar-refractivity contribution < 1.29 is 4.92 Å². The quantitative estimate of drug-likeness (QED) is 0.276. The molecule has 0 radical (unpaired) electrons. The number of hydrogen-bond acceptors (Lipinski definition) is 3. The SMILES string of the molecule is N#CC(=Cc1ccc(Cl)c([N+](=O)[O-])c1)c1ccc2ccccc2c1. The Balaban J connectivity index is 2.07. The van der Waals surface area contributed by atoms with Crippen LogP contribution in [0.5, 0.6) is 0 Å². The highest BCUT2D eigenvalue weighted by molar-refractivity contribution is 6.32. The van der Waals surface area contributed by atoms with Gasteiger partial charge in [0.05, 0.1) is 16.6 Å². The second-order valence-corrected chi connectivity index (χ2v) is 5.61. The highest BCUT2D eigenvalue weighted by Gasteiger charge is 2.12. The van der Waals surface area contributed by atoms with Crippen molar-refractivity contribution in [3.8, 4) is 6.07 Å². The molecule has 0 bridgehead atoms. The van der Waals surface area contributed by atoms with Gasteiger partial charge in [0.25, 0.3) is 5.69 Å². The molecule has 0 saturated carbocycles. The Labute approximate surface area is 143 Å². The van der Waals surface area contributed by atoms with E-state index in [2.05, 4.69) is 6.07 Å². The standard InChI is InChI=1S/C19H11ClN2O2/c20-18-8-5-13(10-19(18)22(23)24)9-17(12-21)16-7-6-14-3-1-2-4-15(14)11-16/h1-11H. The lowest BCUT2D eigenvalue weighted by molar-refractivity contribution is -0.384. The molecule has 0 aliphatic carbocycles. The van der Waals surface area contributed by atoms with E-state index in [1.165, 1.54) is 12.1 Å². The summed E-state index contributed by atoms with van der Waals surface area (Å²) in [6.07, 6.45) is 1.62. The van der Waals surface area contributed by atoms with E-state index in [1.54, 1.807) is 12.1 Å². The number of allylic oxidation sites excluding steroid dienone is 1. The monoisotopic (exact) mass is 334 g/mol. The number of fused-ring (bicyclic) bond motifs is 1. The molecule has 0 amide bonds. The van der Waals surface area contributed by atoms with Crippen molar-refractivity contribution in [1.29, 1.82) is 5.26 Å². The van der Waals surface area contributed by atoms with Gasteiger partial charge in [-0.3, -0.25) is 10.1 Å². The maximum atomic E-state index is 11.0. The predicted molar refractivity (Wildman–Crippen MR) is 95.5 cm³/mol. The van der Waals surface area contributed by atoms with Gasteiger partial charge in [-0.05, 0) is 40.1 Å². The fourth-order valence-corrected chi connectivity index (χ4v) is 2.65. The van der Waals surface area contributed by atoms with Gasteiger partial charge in [0.2, 0.25) is 0 Å². The molecule has 3 aromatic rings. The number of nitrogens with zero attached hydrogens (tertiary/aromatic N) is 2. The van der Waals surface area contributed by atoms with Crippen LogP contribution in [0.15, 0.2) is 60.7 Å². The Morgan fingerprint density at radius 1 is 1.08 bits per heavy atom. The summed E-state index contributed by atoms with van der Waals surface area (Å²) in [7, 11) is 0. The van der Waals surface area contributed by atoms with Crippen molar-refractivity contribution in [2.45, 2.75) is 0 Å². The molecule has 0 aromatic heterocycles. The third-order valence-electron chi connectivity index (χ3n) is 3.66. The van der Waals surface area contributed by atoms with Gasteiger partial charge in [0, 0.05) is 6.07 Å². The molecule has 0 fully saturated rings. The maximum absolute atomic E-state index is 11.0. The van der Waals surface area contributed by atoms with E-state index >= 15 is 0 Å². The molecule has 0 atom stereocenters. The summed E-state index contributed by atoms with van der Waals surface area (Å²) in [5.41, 5.74) is 1.56. The summed E-state index contributed by atoms with van der Waals surface area (Å²) >= 11 is 5.82. The van der Waals surface area contributed by atoms with Gasteiger partial charge in [-0.15, -0.1) is 0 Å². The molecule has 0 N–H and O–H groups in total. The van der Waals surface area contributed by atoms with Crippen LogP contribution in [0.3, 0.4) is 0 Å². The van der Waals surface area contributed by atoms with Gasteiger partial charge in [0.1, 0.15) is 5.02 Å². The van der Waals surface area contributed by atoms with Crippen LogP contribution in [0.1, 0.15) is 11.1 Å². The molecule has 0 saturated heterocycles. The average molecular weight is 335 g/mol. The first-order chi connectivity index (χ1) is 11.6. The number of hydrogen-bond donors (Lipinski definition) is 0. The molecule has 116 valence electrons. The first-order valence-corrected chi connectivity index (χ1v) is 7.51. The van der Waals surface area contributed by atoms with Gasteiger partial charge in [-0.25, -0.2) is 0 Å². The number of nitro groups is 1. The van der Waals surface area contributed by atoms with Crippen LogP contribution in [-0.2, 0) is 0 Å².